The van der Waals surface area contributed by atoms with E-state index >= 15 is 0 Å². The summed E-state index contributed by atoms with van der Waals surface area (Å²) in [6.45, 7) is 4.00. The second kappa shape index (κ2) is 9.06. The molecule has 0 unspecified atom stereocenters. The van der Waals surface area contributed by atoms with Crippen LogP contribution in [0.4, 0.5) is 0 Å². The van der Waals surface area contributed by atoms with Gasteiger partial charge in [0.1, 0.15) is 5.15 Å². The van der Waals surface area contributed by atoms with Gasteiger partial charge in [0.25, 0.3) is 0 Å². The molecule has 1 aromatic carbocycles. The smallest absolute Gasteiger partial charge is 0.129 e. The van der Waals surface area contributed by atoms with Crippen LogP contribution in [0, 0.1) is 0 Å². The minimum absolute atomic E-state index is 0.518. The van der Waals surface area contributed by atoms with Crippen molar-refractivity contribution >= 4 is 51.2 Å². The Kier molecular flexibility index (Phi) is 7.73. The molecule has 0 bridgehead atoms. The van der Waals surface area contributed by atoms with Crippen molar-refractivity contribution in [2.45, 2.75) is 18.7 Å². The Bertz CT molecular complexity index is 641. The minimum atomic E-state index is 0.518. The van der Waals surface area contributed by atoms with Crippen LogP contribution >= 0.6 is 40.2 Å². The average Bonchev–Trinajstić information content (AvgIpc) is 2.82. The van der Waals surface area contributed by atoms with Crippen LogP contribution in [-0.2, 0) is 0 Å². The van der Waals surface area contributed by atoms with E-state index in [0.717, 1.165) is 20.5 Å². The van der Waals surface area contributed by atoms with E-state index in [4.69, 9.17) is 11.6 Å². The first-order chi connectivity index (χ1) is 9.65. The Morgan fingerprint density at radius 3 is 2.30 bits per heavy atom. The lowest BCUT2D eigenvalue weighted by Gasteiger charge is -1.87. The number of nitrogens with one attached hydrogen (secondary N) is 1. The molecule has 20 heavy (non-hydrogen) atoms. The van der Waals surface area contributed by atoms with Gasteiger partial charge in [0, 0.05) is 4.90 Å². The highest BCUT2D eigenvalue weighted by Gasteiger charge is 1.98. The van der Waals surface area contributed by atoms with Crippen LogP contribution in [0.25, 0.3) is 11.0 Å². The number of aromatic amines is 1. The van der Waals surface area contributed by atoms with E-state index in [1.807, 2.05) is 56.3 Å². The highest BCUT2D eigenvalue weighted by atomic mass is 79.9. The van der Waals surface area contributed by atoms with Crippen molar-refractivity contribution in [1.29, 1.82) is 0 Å². The molecule has 0 atom stereocenters. The molecule has 5 heteroatoms. The van der Waals surface area contributed by atoms with Gasteiger partial charge < -0.3 is 4.98 Å². The van der Waals surface area contributed by atoms with Gasteiger partial charge in [-0.1, -0.05) is 43.6 Å². The number of halogens is 2. The predicted octanol–water partition coefficient (Wildman–Crippen LogP) is 5.98. The monoisotopic (exact) mass is 370 g/mol. The summed E-state index contributed by atoms with van der Waals surface area (Å²) < 4.78 is 0.919. The largest absolute Gasteiger partial charge is 0.348 e. The molecule has 0 saturated carbocycles. The van der Waals surface area contributed by atoms with Crippen LogP contribution in [0.15, 0.2) is 58.0 Å². The number of fused-ring (bicyclic) bond motifs is 1. The quantitative estimate of drug-likeness (QED) is 0.369. The first kappa shape index (κ1) is 17.1. The molecule has 0 amide bonds. The lowest BCUT2D eigenvalue weighted by molar-refractivity contribution is 1.39. The molecular weight excluding hydrogens is 356 g/mol. The molecule has 0 aliphatic heterocycles. The van der Waals surface area contributed by atoms with Crippen molar-refractivity contribution in [3.63, 3.8) is 0 Å². The number of aromatic nitrogens is 2. The number of thiol groups is 1. The Morgan fingerprint density at radius 2 is 1.75 bits per heavy atom. The van der Waals surface area contributed by atoms with Crippen molar-refractivity contribution in [2.75, 3.05) is 0 Å². The molecule has 0 saturated heterocycles. The number of pyridine rings is 1. The van der Waals surface area contributed by atoms with Crippen molar-refractivity contribution in [2.24, 2.45) is 0 Å². The molecule has 3 aromatic rings. The molecule has 106 valence electrons. The van der Waals surface area contributed by atoms with Crippen molar-refractivity contribution in [3.8, 4) is 0 Å². The summed E-state index contributed by atoms with van der Waals surface area (Å²) >= 11 is 13.1. The fraction of sp³-hybridized carbons (Fsp3) is 0.133. The summed E-state index contributed by atoms with van der Waals surface area (Å²) in [6, 6.07) is 15.3. The standard InChI is InChI=1S/C7H4BrClN2.C6H6S.C2H6/c8-6-3-5-4(10-6)1-2-7(9)11-5;7-6-4-2-1-3-5-6;1-2/h1-3,10H;1-5,7H;1-2H3. The highest BCUT2D eigenvalue weighted by Crippen LogP contribution is 2.18. The van der Waals surface area contributed by atoms with Crippen LogP contribution in [0.2, 0.25) is 5.15 Å². The van der Waals surface area contributed by atoms with Crippen LogP contribution < -0.4 is 0 Å². The van der Waals surface area contributed by atoms with Crippen LogP contribution in [0.1, 0.15) is 13.8 Å². The fourth-order valence-corrected chi connectivity index (χ4v) is 2.14. The van der Waals surface area contributed by atoms with Crippen LogP contribution in [0.5, 0.6) is 0 Å². The number of benzene rings is 1. The minimum Gasteiger partial charge on any atom is -0.348 e. The molecule has 0 spiro atoms. The third kappa shape index (κ3) is 5.57. The van der Waals surface area contributed by atoms with Gasteiger partial charge in [-0.25, -0.2) is 4.98 Å². The summed E-state index contributed by atoms with van der Waals surface area (Å²) in [7, 11) is 0. The molecular formula is C15H16BrClN2S. The number of H-pyrrole nitrogens is 1. The molecule has 2 heterocycles. The third-order valence-corrected chi connectivity index (χ3v) is 3.10. The van der Waals surface area contributed by atoms with E-state index in [2.05, 4.69) is 38.5 Å². The number of hydrogen-bond acceptors (Lipinski definition) is 2. The highest BCUT2D eigenvalue weighted by molar-refractivity contribution is 9.10. The molecule has 0 aliphatic rings. The molecule has 0 fully saturated rings. The number of hydrogen-bond donors (Lipinski definition) is 2. The molecule has 0 aliphatic carbocycles. The summed E-state index contributed by atoms with van der Waals surface area (Å²) in [5.74, 6) is 0. The molecule has 1 N–H and O–H groups in total. The van der Waals surface area contributed by atoms with Gasteiger partial charge in [-0.2, -0.15) is 0 Å². The van der Waals surface area contributed by atoms with E-state index in [-0.39, 0.29) is 0 Å². The van der Waals surface area contributed by atoms with E-state index in [9.17, 15) is 0 Å². The normalized spacial score (nSPS) is 9.25. The van der Waals surface area contributed by atoms with Gasteiger partial charge in [0.15, 0.2) is 0 Å². The van der Waals surface area contributed by atoms with E-state index in [0.29, 0.717) is 5.15 Å². The number of rotatable bonds is 0. The first-order valence-electron chi connectivity index (χ1n) is 6.20. The Hall–Kier alpha value is -0.970. The predicted molar refractivity (Wildman–Crippen MR) is 93.8 cm³/mol. The van der Waals surface area contributed by atoms with E-state index < -0.39 is 0 Å². The zero-order chi connectivity index (χ0) is 15.0. The van der Waals surface area contributed by atoms with E-state index in [1.54, 1.807) is 6.07 Å². The lowest BCUT2D eigenvalue weighted by Crippen LogP contribution is -1.73. The zero-order valence-corrected chi connectivity index (χ0v) is 14.5. The Balaban J connectivity index is 0.000000193. The average molecular weight is 372 g/mol. The fourth-order valence-electron chi connectivity index (χ4n) is 1.38. The molecule has 2 nitrogen and oxygen atoms in total. The lowest BCUT2D eigenvalue weighted by atomic mass is 10.4. The summed E-state index contributed by atoms with van der Waals surface area (Å²) in [4.78, 5) is 8.20. The maximum Gasteiger partial charge on any atom is 0.129 e. The summed E-state index contributed by atoms with van der Waals surface area (Å²) in [5, 5.41) is 0.518. The topological polar surface area (TPSA) is 28.7 Å². The van der Waals surface area contributed by atoms with Crippen molar-refractivity contribution in [1.82, 2.24) is 9.97 Å². The van der Waals surface area contributed by atoms with Crippen molar-refractivity contribution in [3.05, 3.63) is 58.3 Å². The SMILES string of the molecule is CC.Clc1ccc2[nH]c(Br)cc2n1.Sc1ccccc1. The summed E-state index contributed by atoms with van der Waals surface area (Å²) in [5.41, 5.74) is 1.87. The van der Waals surface area contributed by atoms with Crippen molar-refractivity contribution < 1.29 is 0 Å². The van der Waals surface area contributed by atoms with Gasteiger partial charge in [-0.15, -0.1) is 12.6 Å². The third-order valence-electron chi connectivity index (χ3n) is 2.16. The van der Waals surface area contributed by atoms with Crippen LogP contribution in [0.3, 0.4) is 0 Å². The first-order valence-corrected chi connectivity index (χ1v) is 7.82. The molecule has 0 radical (unpaired) electrons. The van der Waals surface area contributed by atoms with Crippen LogP contribution in [-0.4, -0.2) is 9.97 Å². The maximum atomic E-state index is 5.69. The maximum absolute atomic E-state index is 5.69. The zero-order valence-electron chi connectivity index (χ0n) is 11.3. The van der Waals surface area contributed by atoms with Gasteiger partial charge in [0.2, 0.25) is 0 Å². The van der Waals surface area contributed by atoms with Gasteiger partial charge >= 0.3 is 0 Å². The molecule has 2 aromatic heterocycles. The second-order valence-corrected chi connectivity index (χ2v) is 5.28. The second-order valence-electron chi connectivity index (χ2n) is 3.52. The molecule has 3 rings (SSSR count). The van der Waals surface area contributed by atoms with Gasteiger partial charge in [-0.05, 0) is 46.3 Å². The Labute approximate surface area is 138 Å². The van der Waals surface area contributed by atoms with E-state index in [1.165, 1.54) is 0 Å². The summed E-state index contributed by atoms with van der Waals surface area (Å²) in [6.07, 6.45) is 0. The Morgan fingerprint density at radius 1 is 1.10 bits per heavy atom. The van der Waals surface area contributed by atoms with Gasteiger partial charge in [-0.3, -0.25) is 0 Å². The van der Waals surface area contributed by atoms with Gasteiger partial charge in [0.05, 0.1) is 15.6 Å². The number of nitrogens with zero attached hydrogens (tertiary/aromatic N) is 1.